The van der Waals surface area contributed by atoms with Gasteiger partial charge in [0, 0.05) is 5.70 Å². The van der Waals surface area contributed by atoms with E-state index in [1.165, 1.54) is 5.12 Å². The summed E-state index contributed by atoms with van der Waals surface area (Å²) >= 11 is 0. The molecule has 1 rings (SSSR count). The van der Waals surface area contributed by atoms with Crippen LogP contribution in [0.15, 0.2) is 11.9 Å². The summed E-state index contributed by atoms with van der Waals surface area (Å²) in [5, 5.41) is 9.89. The van der Waals surface area contributed by atoms with Gasteiger partial charge in [-0.1, -0.05) is 6.92 Å². The number of allylic oxidation sites excluding steroid dienone is 1. The summed E-state index contributed by atoms with van der Waals surface area (Å²) in [7, 11) is 0. The molecule has 1 aliphatic rings. The Bertz CT molecular complexity index is 123. The van der Waals surface area contributed by atoms with Crippen LogP contribution in [0.3, 0.4) is 0 Å². The molecule has 0 aliphatic carbocycles. The predicted octanol–water partition coefficient (Wildman–Crippen LogP) is 0.296. The second-order valence-electron chi connectivity index (χ2n) is 1.78. The molecule has 0 aromatic carbocycles. The third-order valence-electron chi connectivity index (χ3n) is 1.14. The van der Waals surface area contributed by atoms with Crippen LogP contribution in [0.1, 0.15) is 13.3 Å². The van der Waals surface area contributed by atoms with Crippen molar-refractivity contribution in [3.8, 4) is 0 Å². The van der Waals surface area contributed by atoms with Gasteiger partial charge in [0.25, 0.3) is 0 Å². The number of rotatable bonds is 2. The summed E-state index contributed by atoms with van der Waals surface area (Å²) in [6, 6.07) is 0. The van der Waals surface area contributed by atoms with Gasteiger partial charge >= 0.3 is 0 Å². The zero-order chi connectivity index (χ0) is 6.69. The molecule has 0 aromatic heterocycles. The highest BCUT2D eigenvalue weighted by atomic mass is 16.3. The lowest BCUT2D eigenvalue weighted by Crippen LogP contribution is -2.28. The first-order valence-corrected chi connectivity index (χ1v) is 2.91. The first kappa shape index (κ1) is 6.38. The third-order valence-corrected chi connectivity index (χ3v) is 1.14. The molecule has 4 heteroatoms. The Balaban J connectivity index is 2.31. The maximum atomic E-state index is 8.52. The van der Waals surface area contributed by atoms with E-state index in [0.717, 1.165) is 12.1 Å². The quantitative estimate of drug-likeness (QED) is 0.562. The van der Waals surface area contributed by atoms with Gasteiger partial charge in [-0.3, -0.25) is 5.12 Å². The summed E-state index contributed by atoms with van der Waals surface area (Å²) in [6.45, 7) is 1.94. The van der Waals surface area contributed by atoms with Crippen LogP contribution in [0, 0.1) is 0 Å². The number of aliphatic hydroxyl groups is 1. The molecule has 0 saturated carbocycles. The van der Waals surface area contributed by atoms with Crippen molar-refractivity contribution in [2.24, 2.45) is 0 Å². The lowest BCUT2D eigenvalue weighted by Gasteiger charge is -2.26. The minimum absolute atomic E-state index is 0.0833. The van der Waals surface area contributed by atoms with Crippen LogP contribution in [-0.4, -0.2) is 17.0 Å². The molecule has 0 aromatic rings. The molecule has 0 radical (unpaired) electrons. The second-order valence-corrected chi connectivity index (χ2v) is 1.78. The van der Waals surface area contributed by atoms with Crippen molar-refractivity contribution in [1.29, 1.82) is 0 Å². The van der Waals surface area contributed by atoms with Crippen LogP contribution < -0.4 is 5.43 Å². The highest BCUT2D eigenvalue weighted by Crippen LogP contribution is 2.10. The predicted molar refractivity (Wildman–Crippen MR) is 33.8 cm³/mol. The van der Waals surface area contributed by atoms with Crippen molar-refractivity contribution in [3.63, 3.8) is 0 Å². The molecule has 0 fully saturated rings. The van der Waals surface area contributed by atoms with Gasteiger partial charge in [0.05, 0.1) is 6.73 Å². The van der Waals surface area contributed by atoms with Gasteiger partial charge in [-0.05, 0) is 6.42 Å². The maximum absolute atomic E-state index is 8.52. The fraction of sp³-hybridized carbons (Fsp3) is 0.600. The third kappa shape index (κ3) is 1.34. The van der Waals surface area contributed by atoms with E-state index < -0.39 is 0 Å². The van der Waals surface area contributed by atoms with Crippen molar-refractivity contribution in [1.82, 2.24) is 10.5 Å². The van der Waals surface area contributed by atoms with Gasteiger partial charge in [0.15, 0.2) is 0 Å². The van der Waals surface area contributed by atoms with Crippen LogP contribution in [0.2, 0.25) is 0 Å². The van der Waals surface area contributed by atoms with E-state index in [4.69, 9.17) is 5.11 Å². The molecule has 0 unspecified atom stereocenters. The van der Waals surface area contributed by atoms with Crippen molar-refractivity contribution in [2.45, 2.75) is 13.3 Å². The fourth-order valence-corrected chi connectivity index (χ4v) is 0.605. The Morgan fingerprint density at radius 2 is 2.67 bits per heavy atom. The molecule has 0 spiro atoms. The first-order valence-electron chi connectivity index (χ1n) is 2.91. The van der Waals surface area contributed by atoms with Gasteiger partial charge in [0.1, 0.15) is 0 Å². The topological polar surface area (TPSA) is 49.6 Å². The molecule has 4 nitrogen and oxygen atoms in total. The average Bonchev–Trinajstić information content (AvgIpc) is 2.34. The summed E-state index contributed by atoms with van der Waals surface area (Å²) in [5.74, 6) is 0. The molecule has 0 amide bonds. The SMILES string of the molecule is CCC1=C[N-]N(CO)N1. The van der Waals surface area contributed by atoms with Gasteiger partial charge in [-0.25, -0.2) is 0 Å². The average molecular weight is 128 g/mol. The lowest BCUT2D eigenvalue weighted by atomic mass is 10.4. The summed E-state index contributed by atoms with van der Waals surface area (Å²) in [5.41, 5.74) is 7.72. The van der Waals surface area contributed by atoms with Crippen LogP contribution in [-0.2, 0) is 0 Å². The minimum Gasteiger partial charge on any atom is -0.604 e. The number of hydrazine groups is 1. The van der Waals surface area contributed by atoms with E-state index in [0.29, 0.717) is 0 Å². The normalized spacial score (nSPS) is 18.7. The van der Waals surface area contributed by atoms with Gasteiger partial charge in [0.2, 0.25) is 0 Å². The van der Waals surface area contributed by atoms with E-state index in [-0.39, 0.29) is 6.73 Å². The van der Waals surface area contributed by atoms with Gasteiger partial charge < -0.3 is 16.0 Å². The van der Waals surface area contributed by atoms with Crippen LogP contribution in [0.5, 0.6) is 0 Å². The number of nitrogens with one attached hydrogen (secondary N) is 1. The second kappa shape index (κ2) is 2.70. The lowest BCUT2D eigenvalue weighted by molar-refractivity contribution is 0.118. The van der Waals surface area contributed by atoms with Crippen LogP contribution >= 0.6 is 0 Å². The Labute approximate surface area is 54.1 Å². The molecule has 2 N–H and O–H groups in total. The molecule has 0 atom stereocenters. The number of hydrogen-bond donors (Lipinski definition) is 2. The molecule has 0 saturated heterocycles. The Morgan fingerprint density at radius 3 is 3.00 bits per heavy atom. The summed E-state index contributed by atoms with van der Waals surface area (Å²) < 4.78 is 0. The molecule has 0 bridgehead atoms. The highest BCUT2D eigenvalue weighted by Gasteiger charge is 1.97. The number of aliphatic hydroxyl groups excluding tert-OH is 1. The number of nitrogens with zero attached hydrogens (tertiary/aromatic N) is 2. The Hall–Kier alpha value is -0.740. The van der Waals surface area contributed by atoms with E-state index in [2.05, 4.69) is 10.9 Å². The van der Waals surface area contributed by atoms with Crippen molar-refractivity contribution in [2.75, 3.05) is 6.73 Å². The molecular weight excluding hydrogens is 118 g/mol. The Kier molecular flexibility index (Phi) is 1.92. The first-order chi connectivity index (χ1) is 4.36. The van der Waals surface area contributed by atoms with Crippen molar-refractivity contribution < 1.29 is 5.11 Å². The smallest absolute Gasteiger partial charge is 0.0986 e. The standard InChI is InChI=1S/C5H10N3O/c1-2-5-3-6-8(4-9)7-5/h3,7,9H,2,4H2,1H3/q-1. The molecular formula is C5H10N3O-. The highest BCUT2D eigenvalue weighted by molar-refractivity contribution is 5.12. The summed E-state index contributed by atoms with van der Waals surface area (Å²) in [6.07, 6.45) is 2.62. The van der Waals surface area contributed by atoms with Crippen LogP contribution in [0.4, 0.5) is 0 Å². The molecule has 52 valence electrons. The van der Waals surface area contributed by atoms with Crippen molar-refractivity contribution >= 4 is 0 Å². The minimum atomic E-state index is -0.0833. The van der Waals surface area contributed by atoms with E-state index >= 15 is 0 Å². The zero-order valence-corrected chi connectivity index (χ0v) is 5.33. The largest absolute Gasteiger partial charge is 0.604 e. The van der Waals surface area contributed by atoms with E-state index in [1.54, 1.807) is 6.20 Å². The fourth-order valence-electron chi connectivity index (χ4n) is 0.605. The van der Waals surface area contributed by atoms with E-state index in [1.807, 2.05) is 6.92 Å². The Morgan fingerprint density at radius 1 is 1.89 bits per heavy atom. The van der Waals surface area contributed by atoms with Gasteiger partial charge in [-0.2, -0.15) is 0 Å². The molecule has 9 heavy (non-hydrogen) atoms. The maximum Gasteiger partial charge on any atom is 0.0986 e. The van der Waals surface area contributed by atoms with E-state index in [9.17, 15) is 0 Å². The van der Waals surface area contributed by atoms with Gasteiger partial charge in [-0.15, -0.1) is 6.20 Å². The molecule has 1 aliphatic heterocycles. The van der Waals surface area contributed by atoms with Crippen molar-refractivity contribution in [3.05, 3.63) is 17.3 Å². The summed E-state index contributed by atoms with van der Waals surface area (Å²) in [4.78, 5) is 0. The molecule has 1 heterocycles. The monoisotopic (exact) mass is 128 g/mol. The van der Waals surface area contributed by atoms with Crippen LogP contribution in [0.25, 0.3) is 5.43 Å². The zero-order valence-electron chi connectivity index (χ0n) is 5.33. The number of hydrogen-bond acceptors (Lipinski definition) is 3.